The van der Waals surface area contributed by atoms with E-state index in [0.29, 0.717) is 17.4 Å². The highest BCUT2D eigenvalue weighted by Gasteiger charge is 2.27. The Balaban J connectivity index is 3.82. The first kappa shape index (κ1) is 98.5. The Kier molecular flexibility index (Phi) is 80.3. The number of carbonyl (C=O) groups is 2. The van der Waals surface area contributed by atoms with E-state index in [0.717, 1.165) is 44.9 Å². The van der Waals surface area contributed by atoms with Crippen LogP contribution in [0.25, 0.3) is 0 Å². The minimum atomic E-state index is -4.39. The van der Waals surface area contributed by atoms with Gasteiger partial charge in [0.25, 0.3) is 0 Å². The zero-order chi connectivity index (χ0) is 72.5. The molecule has 0 aromatic heterocycles. The molecule has 0 amide bonds. The average Bonchev–Trinajstić information content (AvgIpc) is 1.02. The molecule has 0 radical (unpaired) electrons. The summed E-state index contributed by atoms with van der Waals surface area (Å²) >= 11 is 0. The van der Waals surface area contributed by atoms with Crippen LogP contribution in [0.4, 0.5) is 0 Å². The van der Waals surface area contributed by atoms with Crippen LogP contribution in [-0.2, 0) is 32.7 Å². The van der Waals surface area contributed by atoms with Gasteiger partial charge >= 0.3 is 19.8 Å². The van der Waals surface area contributed by atoms with E-state index < -0.39 is 26.5 Å². The summed E-state index contributed by atoms with van der Waals surface area (Å²) in [6.07, 6.45) is 107. The van der Waals surface area contributed by atoms with Gasteiger partial charge in [-0.2, -0.15) is 0 Å². The number of esters is 2. The summed E-state index contributed by atoms with van der Waals surface area (Å²) in [4.78, 5) is 36.1. The molecule has 0 saturated carbocycles. The Morgan fingerprint density at radius 3 is 0.790 bits per heavy atom. The van der Waals surface area contributed by atoms with Gasteiger partial charge in [0.15, 0.2) is 6.10 Å². The van der Waals surface area contributed by atoms with Gasteiger partial charge in [-0.3, -0.25) is 18.6 Å². The molecule has 0 spiro atoms. The van der Waals surface area contributed by atoms with Gasteiger partial charge in [0.2, 0.25) is 0 Å². The minimum absolute atomic E-state index is 0.0366. The van der Waals surface area contributed by atoms with E-state index in [1.807, 2.05) is 21.1 Å². The van der Waals surface area contributed by atoms with E-state index >= 15 is 0 Å². The first-order valence-corrected chi connectivity index (χ1v) is 46.6. The normalized spacial score (nSPS) is 13.0. The van der Waals surface area contributed by atoms with Gasteiger partial charge in [-0.25, -0.2) is 4.57 Å². The van der Waals surface area contributed by atoms with Crippen molar-refractivity contribution in [3.8, 4) is 0 Å². The van der Waals surface area contributed by atoms with Crippen LogP contribution in [0.1, 0.15) is 489 Å². The summed E-state index contributed by atoms with van der Waals surface area (Å²) in [6, 6.07) is 0. The topological polar surface area (TPSA) is 108 Å². The van der Waals surface area contributed by atoms with Crippen LogP contribution < -0.4 is 0 Å². The number of allylic oxidation sites excluding steroid dienone is 4. The molecule has 2 unspecified atom stereocenters. The van der Waals surface area contributed by atoms with Crippen molar-refractivity contribution in [1.29, 1.82) is 0 Å². The second-order valence-corrected chi connectivity index (χ2v) is 33.8. The van der Waals surface area contributed by atoms with Crippen LogP contribution >= 0.6 is 7.82 Å². The Labute approximate surface area is 625 Å². The number of hydrogen-bond donors (Lipinski definition) is 1. The van der Waals surface area contributed by atoms with E-state index in [9.17, 15) is 19.0 Å². The molecule has 2 atom stereocenters. The van der Waals surface area contributed by atoms with Crippen molar-refractivity contribution in [2.24, 2.45) is 0 Å². The second kappa shape index (κ2) is 81.6. The standard InChI is InChI=1S/C90H176NO8P/c1-6-8-10-12-14-16-18-20-22-24-26-28-30-32-34-36-38-40-42-44-45-47-48-50-52-54-56-58-60-62-64-66-68-70-72-74-76-78-80-82-89(92)96-86-88(87-98-100(94,95)97-85-84-91(3,4)5)99-90(93)83-81-79-77-75-73-71-69-67-65-63-61-59-57-55-53-51-49-46-43-41-39-37-35-33-31-29-27-25-23-21-19-17-15-13-11-9-7-2/h19,21,25,27,88H,6-18,20,22-24,26,28-87H2,1-5H3/p+1/b21-19-,27-25-. The monoisotopic (exact) mass is 1430 g/mol. The largest absolute Gasteiger partial charge is 0.472 e. The quantitative estimate of drug-likeness (QED) is 0.0211. The highest BCUT2D eigenvalue weighted by molar-refractivity contribution is 7.47. The average molecular weight is 1430 g/mol. The lowest BCUT2D eigenvalue weighted by Crippen LogP contribution is -2.37. The Bertz CT molecular complexity index is 1730. The van der Waals surface area contributed by atoms with Crippen molar-refractivity contribution in [3.05, 3.63) is 24.3 Å². The first-order chi connectivity index (χ1) is 49.0. The van der Waals surface area contributed by atoms with Crippen LogP contribution in [-0.4, -0.2) is 74.9 Å². The van der Waals surface area contributed by atoms with E-state index in [4.69, 9.17) is 18.5 Å². The third-order valence-electron chi connectivity index (χ3n) is 21.0. The van der Waals surface area contributed by atoms with Crippen molar-refractivity contribution in [2.45, 2.75) is 495 Å². The first-order valence-electron chi connectivity index (χ1n) is 45.1. The number of likely N-dealkylation sites (N-methyl/N-ethyl adjacent to an activating group) is 1. The zero-order valence-corrected chi connectivity index (χ0v) is 69.1. The number of carbonyl (C=O) groups excluding carboxylic acids is 2. The summed E-state index contributed by atoms with van der Waals surface area (Å²) in [7, 11) is 1.51. The molecule has 0 fully saturated rings. The molecule has 1 N–H and O–H groups in total. The molecule has 0 aromatic rings. The molecular formula is C90H177NO8P+. The van der Waals surface area contributed by atoms with Crippen LogP contribution in [0, 0.1) is 0 Å². The van der Waals surface area contributed by atoms with E-state index in [1.54, 1.807) is 0 Å². The number of unbranched alkanes of at least 4 members (excludes halogenated alkanes) is 68. The van der Waals surface area contributed by atoms with Crippen LogP contribution in [0.2, 0.25) is 0 Å². The van der Waals surface area contributed by atoms with E-state index in [2.05, 4.69) is 38.2 Å². The van der Waals surface area contributed by atoms with Gasteiger partial charge in [0.05, 0.1) is 27.7 Å². The predicted octanol–water partition coefficient (Wildman–Crippen LogP) is 30.3. The van der Waals surface area contributed by atoms with Crippen LogP contribution in [0.3, 0.4) is 0 Å². The Hall–Kier alpha value is -1.51. The van der Waals surface area contributed by atoms with Crippen LogP contribution in [0.15, 0.2) is 24.3 Å². The van der Waals surface area contributed by atoms with Crippen molar-refractivity contribution < 1.29 is 42.1 Å². The Morgan fingerprint density at radius 2 is 0.540 bits per heavy atom. The molecular weight excluding hydrogens is 1250 g/mol. The number of phosphoric ester groups is 1. The molecule has 0 bridgehead atoms. The fraction of sp³-hybridized carbons (Fsp3) is 0.933. The molecule has 0 aliphatic carbocycles. The molecule has 0 rings (SSSR count). The predicted molar refractivity (Wildman–Crippen MR) is 437 cm³/mol. The maximum absolute atomic E-state index is 12.9. The summed E-state index contributed by atoms with van der Waals surface area (Å²) in [5.41, 5.74) is 0. The highest BCUT2D eigenvalue weighted by Crippen LogP contribution is 2.43. The number of hydrogen-bond acceptors (Lipinski definition) is 7. The third-order valence-corrected chi connectivity index (χ3v) is 22.0. The van der Waals surface area contributed by atoms with Gasteiger partial charge in [0, 0.05) is 12.8 Å². The molecule has 0 saturated heterocycles. The van der Waals surface area contributed by atoms with Gasteiger partial charge in [0.1, 0.15) is 19.8 Å². The van der Waals surface area contributed by atoms with E-state index in [-0.39, 0.29) is 25.6 Å². The summed E-state index contributed by atoms with van der Waals surface area (Å²) in [6.45, 7) is 4.53. The molecule has 10 heteroatoms. The lowest BCUT2D eigenvalue weighted by molar-refractivity contribution is -0.870. The summed E-state index contributed by atoms with van der Waals surface area (Å²) in [5, 5.41) is 0. The van der Waals surface area contributed by atoms with Crippen molar-refractivity contribution >= 4 is 19.8 Å². The number of nitrogens with zero attached hydrogens (tertiary/aromatic N) is 1. The molecule has 0 aromatic carbocycles. The number of phosphoric acid groups is 1. The number of rotatable bonds is 86. The van der Waals surface area contributed by atoms with Gasteiger partial charge in [-0.15, -0.1) is 0 Å². The van der Waals surface area contributed by atoms with Gasteiger partial charge in [-0.1, -0.05) is 456 Å². The SMILES string of the molecule is CCCCCCC/C=C\C/C=C\CCCCCCCCCCCCCCCCCCCCCCCCCCCC(=O)OC(COC(=O)CCCCCCCCCCCCCCCCCCCCCCCCCCCCCCCCCCCCCCCCC)COP(=O)(O)OCC[N+](C)(C)C. The van der Waals surface area contributed by atoms with E-state index in [1.165, 1.54) is 417 Å². The molecule has 594 valence electrons. The Morgan fingerprint density at radius 1 is 0.310 bits per heavy atom. The summed E-state index contributed by atoms with van der Waals surface area (Å²) in [5.74, 6) is -0.765. The maximum Gasteiger partial charge on any atom is 0.472 e. The molecule has 0 aliphatic rings. The van der Waals surface area contributed by atoms with Crippen molar-refractivity contribution in [3.63, 3.8) is 0 Å². The molecule has 0 aliphatic heterocycles. The van der Waals surface area contributed by atoms with Crippen LogP contribution in [0.5, 0.6) is 0 Å². The van der Waals surface area contributed by atoms with Gasteiger partial charge < -0.3 is 18.9 Å². The number of quaternary nitrogens is 1. The minimum Gasteiger partial charge on any atom is -0.462 e. The lowest BCUT2D eigenvalue weighted by Gasteiger charge is -2.24. The molecule has 100 heavy (non-hydrogen) atoms. The fourth-order valence-corrected chi connectivity index (χ4v) is 14.9. The second-order valence-electron chi connectivity index (χ2n) is 32.4. The lowest BCUT2D eigenvalue weighted by atomic mass is 10.0. The molecule has 0 heterocycles. The smallest absolute Gasteiger partial charge is 0.462 e. The van der Waals surface area contributed by atoms with Crippen molar-refractivity contribution in [2.75, 3.05) is 47.5 Å². The molecule has 9 nitrogen and oxygen atoms in total. The number of ether oxygens (including phenoxy) is 2. The van der Waals surface area contributed by atoms with Crippen molar-refractivity contribution in [1.82, 2.24) is 0 Å². The van der Waals surface area contributed by atoms with Gasteiger partial charge in [-0.05, 0) is 44.9 Å². The highest BCUT2D eigenvalue weighted by atomic mass is 31.2. The fourth-order valence-electron chi connectivity index (χ4n) is 14.1. The summed E-state index contributed by atoms with van der Waals surface area (Å²) < 4.78 is 34.9. The zero-order valence-electron chi connectivity index (χ0n) is 68.2. The third kappa shape index (κ3) is 85.4. The maximum atomic E-state index is 12.9.